The molecule has 1 aromatic rings. The first-order chi connectivity index (χ1) is 8.70. The SMILES string of the molecule is CCC(NC(=O)N1CCCC1)c1cc(C)ccn1. The summed E-state index contributed by atoms with van der Waals surface area (Å²) in [6.45, 7) is 5.87. The molecule has 4 heteroatoms. The van der Waals surface area contributed by atoms with Crippen LogP contribution in [0.1, 0.15) is 43.5 Å². The number of nitrogens with one attached hydrogen (secondary N) is 1. The Labute approximate surface area is 108 Å². The lowest BCUT2D eigenvalue weighted by atomic mass is 10.1. The Kier molecular flexibility index (Phi) is 4.18. The molecule has 2 heterocycles. The molecule has 1 saturated heterocycles. The fraction of sp³-hybridized carbons (Fsp3) is 0.571. The van der Waals surface area contributed by atoms with Crippen molar-refractivity contribution in [3.63, 3.8) is 0 Å². The standard InChI is InChI=1S/C14H21N3O/c1-3-12(13-10-11(2)6-7-15-13)16-14(18)17-8-4-5-9-17/h6-7,10,12H,3-5,8-9H2,1-2H3,(H,16,18). The van der Waals surface area contributed by atoms with Crippen LogP contribution in [0.25, 0.3) is 0 Å². The van der Waals surface area contributed by atoms with Gasteiger partial charge in [-0.2, -0.15) is 0 Å². The zero-order valence-electron chi connectivity index (χ0n) is 11.1. The van der Waals surface area contributed by atoms with Crippen molar-refractivity contribution < 1.29 is 4.79 Å². The summed E-state index contributed by atoms with van der Waals surface area (Å²) in [6.07, 6.45) is 4.89. The topological polar surface area (TPSA) is 45.2 Å². The second-order valence-corrected chi connectivity index (χ2v) is 4.86. The number of rotatable bonds is 3. The summed E-state index contributed by atoms with van der Waals surface area (Å²) in [5.41, 5.74) is 2.12. The maximum atomic E-state index is 12.1. The molecule has 18 heavy (non-hydrogen) atoms. The minimum Gasteiger partial charge on any atom is -0.330 e. The number of pyridine rings is 1. The Hall–Kier alpha value is -1.58. The first-order valence-electron chi connectivity index (χ1n) is 6.68. The molecule has 1 aliphatic rings. The first-order valence-corrected chi connectivity index (χ1v) is 6.68. The molecule has 1 atom stereocenters. The van der Waals surface area contributed by atoms with Crippen molar-refractivity contribution in [3.8, 4) is 0 Å². The van der Waals surface area contributed by atoms with Gasteiger partial charge in [-0.25, -0.2) is 4.79 Å². The van der Waals surface area contributed by atoms with E-state index < -0.39 is 0 Å². The van der Waals surface area contributed by atoms with E-state index in [2.05, 4.69) is 17.2 Å². The third-order valence-corrected chi connectivity index (χ3v) is 3.39. The van der Waals surface area contributed by atoms with Gasteiger partial charge in [-0.05, 0) is 43.9 Å². The van der Waals surface area contributed by atoms with E-state index in [9.17, 15) is 4.79 Å². The van der Waals surface area contributed by atoms with Gasteiger partial charge < -0.3 is 10.2 Å². The van der Waals surface area contributed by atoms with E-state index in [1.165, 1.54) is 5.56 Å². The van der Waals surface area contributed by atoms with Gasteiger partial charge in [0.2, 0.25) is 0 Å². The molecule has 2 amide bonds. The number of carbonyl (C=O) groups is 1. The molecule has 1 aromatic heterocycles. The van der Waals surface area contributed by atoms with Crippen molar-refractivity contribution in [1.82, 2.24) is 15.2 Å². The summed E-state index contributed by atoms with van der Waals surface area (Å²) in [5.74, 6) is 0. The molecule has 1 aliphatic heterocycles. The molecule has 0 radical (unpaired) electrons. The number of hydrogen-bond acceptors (Lipinski definition) is 2. The van der Waals surface area contributed by atoms with Crippen LogP contribution in [0.15, 0.2) is 18.3 Å². The molecule has 0 bridgehead atoms. The van der Waals surface area contributed by atoms with E-state index in [-0.39, 0.29) is 12.1 Å². The first kappa shape index (κ1) is 12.9. The van der Waals surface area contributed by atoms with Gasteiger partial charge in [-0.3, -0.25) is 4.98 Å². The van der Waals surface area contributed by atoms with Crippen molar-refractivity contribution in [1.29, 1.82) is 0 Å². The molecule has 0 aromatic carbocycles. The number of amides is 2. The summed E-state index contributed by atoms with van der Waals surface area (Å²) in [6, 6.07) is 4.07. The molecule has 4 nitrogen and oxygen atoms in total. The highest BCUT2D eigenvalue weighted by atomic mass is 16.2. The minimum atomic E-state index is 0.0120. The number of hydrogen-bond donors (Lipinski definition) is 1. The van der Waals surface area contributed by atoms with Gasteiger partial charge in [-0.15, -0.1) is 0 Å². The van der Waals surface area contributed by atoms with Gasteiger partial charge in [0.15, 0.2) is 0 Å². The maximum Gasteiger partial charge on any atom is 0.317 e. The van der Waals surface area contributed by atoms with E-state index in [4.69, 9.17) is 0 Å². The summed E-state index contributed by atoms with van der Waals surface area (Å²) in [4.78, 5) is 18.3. The van der Waals surface area contributed by atoms with Crippen molar-refractivity contribution in [2.75, 3.05) is 13.1 Å². The molecule has 1 fully saturated rings. The maximum absolute atomic E-state index is 12.1. The molecule has 2 rings (SSSR count). The number of aromatic nitrogens is 1. The molecule has 0 aliphatic carbocycles. The fourth-order valence-corrected chi connectivity index (χ4v) is 2.30. The Morgan fingerprint density at radius 3 is 2.83 bits per heavy atom. The van der Waals surface area contributed by atoms with Gasteiger partial charge in [0.25, 0.3) is 0 Å². The van der Waals surface area contributed by atoms with E-state index in [1.54, 1.807) is 6.20 Å². The molecule has 0 saturated carbocycles. The third-order valence-electron chi connectivity index (χ3n) is 3.39. The normalized spacial score (nSPS) is 16.7. The zero-order valence-corrected chi connectivity index (χ0v) is 11.1. The van der Waals surface area contributed by atoms with Crippen LogP contribution in [-0.2, 0) is 0 Å². The summed E-state index contributed by atoms with van der Waals surface area (Å²) in [7, 11) is 0. The van der Waals surface area contributed by atoms with Gasteiger partial charge in [-0.1, -0.05) is 6.92 Å². The lowest BCUT2D eigenvalue weighted by Crippen LogP contribution is -2.40. The zero-order chi connectivity index (χ0) is 13.0. The van der Waals surface area contributed by atoms with Gasteiger partial charge in [0, 0.05) is 19.3 Å². The van der Waals surface area contributed by atoms with Crippen LogP contribution in [0.5, 0.6) is 0 Å². The van der Waals surface area contributed by atoms with E-state index in [1.807, 2.05) is 24.0 Å². The van der Waals surface area contributed by atoms with Gasteiger partial charge >= 0.3 is 6.03 Å². The summed E-state index contributed by atoms with van der Waals surface area (Å²) in [5, 5.41) is 3.08. The molecular formula is C14H21N3O. The average molecular weight is 247 g/mol. The Morgan fingerprint density at radius 1 is 1.50 bits per heavy atom. The van der Waals surface area contributed by atoms with Crippen molar-refractivity contribution in [3.05, 3.63) is 29.6 Å². The van der Waals surface area contributed by atoms with Crippen molar-refractivity contribution in [2.24, 2.45) is 0 Å². The average Bonchev–Trinajstić information content (AvgIpc) is 2.89. The predicted octanol–water partition coefficient (Wildman–Crippen LogP) is 2.65. The van der Waals surface area contributed by atoms with E-state index in [0.29, 0.717) is 0 Å². The van der Waals surface area contributed by atoms with Crippen LogP contribution in [0.3, 0.4) is 0 Å². The van der Waals surface area contributed by atoms with Gasteiger partial charge in [0.05, 0.1) is 11.7 Å². The number of urea groups is 1. The minimum absolute atomic E-state index is 0.0120. The lowest BCUT2D eigenvalue weighted by Gasteiger charge is -2.22. The number of nitrogens with zero attached hydrogens (tertiary/aromatic N) is 2. The van der Waals surface area contributed by atoms with Gasteiger partial charge in [0.1, 0.15) is 0 Å². The third kappa shape index (κ3) is 3.00. The molecule has 0 spiro atoms. The van der Waals surface area contributed by atoms with Crippen LogP contribution < -0.4 is 5.32 Å². The molecule has 1 unspecified atom stereocenters. The van der Waals surface area contributed by atoms with Crippen molar-refractivity contribution in [2.45, 2.75) is 39.2 Å². The van der Waals surface area contributed by atoms with Crippen LogP contribution in [0, 0.1) is 6.92 Å². The van der Waals surface area contributed by atoms with Crippen LogP contribution in [0.2, 0.25) is 0 Å². The quantitative estimate of drug-likeness (QED) is 0.892. The highest BCUT2D eigenvalue weighted by Gasteiger charge is 2.21. The number of carbonyl (C=O) groups excluding carboxylic acids is 1. The lowest BCUT2D eigenvalue weighted by molar-refractivity contribution is 0.204. The molecule has 1 N–H and O–H groups in total. The van der Waals surface area contributed by atoms with E-state index in [0.717, 1.165) is 38.0 Å². The highest BCUT2D eigenvalue weighted by molar-refractivity contribution is 5.74. The Morgan fingerprint density at radius 2 is 2.22 bits per heavy atom. The highest BCUT2D eigenvalue weighted by Crippen LogP contribution is 2.16. The number of likely N-dealkylation sites (tertiary alicyclic amines) is 1. The van der Waals surface area contributed by atoms with Crippen LogP contribution in [-0.4, -0.2) is 29.0 Å². The predicted molar refractivity (Wildman–Crippen MR) is 71.3 cm³/mol. The Bertz CT molecular complexity index is 413. The van der Waals surface area contributed by atoms with Crippen LogP contribution in [0.4, 0.5) is 4.79 Å². The smallest absolute Gasteiger partial charge is 0.317 e. The largest absolute Gasteiger partial charge is 0.330 e. The number of aryl methyl sites for hydroxylation is 1. The molecular weight excluding hydrogens is 226 g/mol. The molecule has 98 valence electrons. The Balaban J connectivity index is 2.02. The summed E-state index contributed by atoms with van der Waals surface area (Å²) < 4.78 is 0. The van der Waals surface area contributed by atoms with Crippen molar-refractivity contribution >= 4 is 6.03 Å². The van der Waals surface area contributed by atoms with E-state index >= 15 is 0 Å². The second kappa shape index (κ2) is 5.85. The van der Waals surface area contributed by atoms with Crippen LogP contribution >= 0.6 is 0 Å². The summed E-state index contributed by atoms with van der Waals surface area (Å²) >= 11 is 0. The fourth-order valence-electron chi connectivity index (χ4n) is 2.30. The monoisotopic (exact) mass is 247 g/mol. The second-order valence-electron chi connectivity index (χ2n) is 4.86.